The van der Waals surface area contributed by atoms with Gasteiger partial charge in [0.05, 0.1) is 15.7 Å². The van der Waals surface area contributed by atoms with Crippen LogP contribution in [0.3, 0.4) is 0 Å². The van der Waals surface area contributed by atoms with E-state index in [4.69, 9.17) is 11.6 Å². The summed E-state index contributed by atoms with van der Waals surface area (Å²) < 4.78 is 37.1. The van der Waals surface area contributed by atoms with Crippen LogP contribution in [0.4, 0.5) is 4.39 Å². The van der Waals surface area contributed by atoms with E-state index in [0.717, 1.165) is 25.1 Å². The molecule has 6 heteroatoms. The number of benzene rings is 1. The van der Waals surface area contributed by atoms with Gasteiger partial charge in [-0.05, 0) is 38.1 Å². The molecule has 1 aromatic rings. The normalized spacial score (nSPS) is 13.6. The molecule has 1 atom stereocenters. The number of halogens is 2. The fraction of sp³-hybridized carbons (Fsp3) is 0.500. The molecule has 3 nitrogen and oxygen atoms in total. The molecule has 0 fully saturated rings. The van der Waals surface area contributed by atoms with Crippen LogP contribution in [0.1, 0.15) is 20.3 Å². The maximum absolute atomic E-state index is 13.0. The first-order chi connectivity index (χ1) is 8.36. The second-order valence-corrected chi connectivity index (χ2v) is 6.65. The number of hydrogen-bond donors (Lipinski definition) is 1. The molecule has 0 bridgehead atoms. The minimum Gasteiger partial charge on any atom is -0.313 e. The van der Waals surface area contributed by atoms with E-state index in [-0.39, 0.29) is 21.7 Å². The van der Waals surface area contributed by atoms with Crippen LogP contribution in [0, 0.1) is 5.82 Å². The van der Waals surface area contributed by atoms with Crippen LogP contribution in [0.5, 0.6) is 0 Å². The molecule has 18 heavy (non-hydrogen) atoms. The molecule has 1 aromatic carbocycles. The lowest BCUT2D eigenvalue weighted by atomic mass is 10.3. The van der Waals surface area contributed by atoms with Gasteiger partial charge in [0.15, 0.2) is 9.84 Å². The van der Waals surface area contributed by atoms with Crippen molar-refractivity contribution in [3.8, 4) is 0 Å². The molecule has 1 rings (SSSR count). The quantitative estimate of drug-likeness (QED) is 0.820. The standard InChI is InChI=1S/C12H17ClFNO2S/c1-3-6-15-9(2)8-18(16,17)10-4-5-12(14)11(13)7-10/h4-5,7,9,15H,3,6,8H2,1-2H3. The number of nitrogens with one attached hydrogen (secondary N) is 1. The molecule has 0 aliphatic heterocycles. The van der Waals surface area contributed by atoms with Gasteiger partial charge in [0.1, 0.15) is 5.82 Å². The van der Waals surface area contributed by atoms with Crippen molar-refractivity contribution >= 4 is 21.4 Å². The van der Waals surface area contributed by atoms with Gasteiger partial charge in [-0.2, -0.15) is 0 Å². The Hall–Kier alpha value is -0.650. The Balaban J connectivity index is 2.83. The number of hydrogen-bond acceptors (Lipinski definition) is 3. The van der Waals surface area contributed by atoms with E-state index in [9.17, 15) is 12.8 Å². The van der Waals surface area contributed by atoms with Crippen molar-refractivity contribution in [3.05, 3.63) is 29.0 Å². The Morgan fingerprint density at radius 2 is 2.11 bits per heavy atom. The molecule has 0 amide bonds. The lowest BCUT2D eigenvalue weighted by molar-refractivity contribution is 0.555. The average molecular weight is 294 g/mol. The first-order valence-corrected chi connectivity index (χ1v) is 7.81. The SMILES string of the molecule is CCCNC(C)CS(=O)(=O)c1ccc(F)c(Cl)c1. The molecule has 102 valence electrons. The highest BCUT2D eigenvalue weighted by Crippen LogP contribution is 2.20. The van der Waals surface area contributed by atoms with Gasteiger partial charge in [-0.25, -0.2) is 12.8 Å². The second kappa shape index (κ2) is 6.50. The third-order valence-electron chi connectivity index (χ3n) is 2.46. The summed E-state index contributed by atoms with van der Waals surface area (Å²) in [5.74, 6) is -0.651. The highest BCUT2D eigenvalue weighted by atomic mass is 35.5. The van der Waals surface area contributed by atoms with Gasteiger partial charge in [0.25, 0.3) is 0 Å². The zero-order valence-electron chi connectivity index (χ0n) is 10.4. The van der Waals surface area contributed by atoms with E-state index in [1.807, 2.05) is 6.92 Å². The van der Waals surface area contributed by atoms with E-state index in [0.29, 0.717) is 0 Å². The maximum atomic E-state index is 13.0. The van der Waals surface area contributed by atoms with Crippen LogP contribution < -0.4 is 5.32 Å². The minimum absolute atomic E-state index is 0.0328. The molecule has 0 spiro atoms. The summed E-state index contributed by atoms with van der Waals surface area (Å²) >= 11 is 5.58. The molecule has 0 saturated heterocycles. The monoisotopic (exact) mass is 293 g/mol. The van der Waals surface area contributed by atoms with Crippen LogP contribution >= 0.6 is 11.6 Å². The van der Waals surface area contributed by atoms with Crippen LogP contribution in [0.15, 0.2) is 23.1 Å². The van der Waals surface area contributed by atoms with Crippen molar-refractivity contribution in [2.45, 2.75) is 31.2 Å². The van der Waals surface area contributed by atoms with E-state index >= 15 is 0 Å². The van der Waals surface area contributed by atoms with Gasteiger partial charge in [-0.1, -0.05) is 18.5 Å². The fourth-order valence-corrected chi connectivity index (χ4v) is 3.33. The molecule has 1 N–H and O–H groups in total. The van der Waals surface area contributed by atoms with Gasteiger partial charge in [-0.3, -0.25) is 0 Å². The Labute approximate surface area is 112 Å². The third kappa shape index (κ3) is 4.23. The van der Waals surface area contributed by atoms with Gasteiger partial charge < -0.3 is 5.32 Å². The van der Waals surface area contributed by atoms with Crippen molar-refractivity contribution in [3.63, 3.8) is 0 Å². The Kier molecular flexibility index (Phi) is 5.56. The fourth-order valence-electron chi connectivity index (χ4n) is 1.55. The molecule has 0 saturated carbocycles. The van der Waals surface area contributed by atoms with Crippen molar-refractivity contribution in [1.29, 1.82) is 0 Å². The highest BCUT2D eigenvalue weighted by molar-refractivity contribution is 7.91. The molecule has 0 aliphatic carbocycles. The lowest BCUT2D eigenvalue weighted by Gasteiger charge is -2.13. The maximum Gasteiger partial charge on any atom is 0.179 e. The van der Waals surface area contributed by atoms with Gasteiger partial charge in [0, 0.05) is 6.04 Å². The molecule has 0 aromatic heterocycles. The van der Waals surface area contributed by atoms with E-state index in [1.165, 1.54) is 6.07 Å². The second-order valence-electron chi connectivity index (χ2n) is 4.21. The first kappa shape index (κ1) is 15.4. The smallest absolute Gasteiger partial charge is 0.179 e. The Bertz CT molecular complexity index is 505. The largest absolute Gasteiger partial charge is 0.313 e. The van der Waals surface area contributed by atoms with Crippen LogP contribution in [-0.2, 0) is 9.84 Å². The predicted octanol–water partition coefficient (Wildman–Crippen LogP) is 2.64. The lowest BCUT2D eigenvalue weighted by Crippen LogP contribution is -2.33. The Morgan fingerprint density at radius 3 is 2.67 bits per heavy atom. The van der Waals surface area contributed by atoms with Crippen molar-refractivity contribution in [2.75, 3.05) is 12.3 Å². The summed E-state index contributed by atoms with van der Waals surface area (Å²) in [5, 5.41) is 2.92. The first-order valence-electron chi connectivity index (χ1n) is 5.78. The third-order valence-corrected chi connectivity index (χ3v) is 4.66. The minimum atomic E-state index is -3.44. The average Bonchev–Trinajstić information content (AvgIpc) is 2.29. The van der Waals surface area contributed by atoms with Crippen molar-refractivity contribution in [2.24, 2.45) is 0 Å². The summed E-state index contributed by atoms with van der Waals surface area (Å²) in [4.78, 5) is 0.0547. The van der Waals surface area contributed by atoms with Gasteiger partial charge in [0.2, 0.25) is 0 Å². The summed E-state index contributed by atoms with van der Waals surface area (Å²) in [7, 11) is -3.44. The van der Waals surface area contributed by atoms with Gasteiger partial charge >= 0.3 is 0 Å². The molecule has 0 heterocycles. The van der Waals surface area contributed by atoms with Crippen molar-refractivity contribution in [1.82, 2.24) is 5.32 Å². The summed E-state index contributed by atoms with van der Waals surface area (Å²) in [5.41, 5.74) is 0. The highest BCUT2D eigenvalue weighted by Gasteiger charge is 2.19. The van der Waals surface area contributed by atoms with Crippen molar-refractivity contribution < 1.29 is 12.8 Å². The zero-order chi connectivity index (χ0) is 13.8. The molecular formula is C12H17ClFNO2S. The molecule has 0 radical (unpaired) electrons. The van der Waals surface area contributed by atoms with E-state index < -0.39 is 15.7 Å². The van der Waals surface area contributed by atoms with Crippen LogP contribution in [0.2, 0.25) is 5.02 Å². The number of rotatable bonds is 6. The van der Waals surface area contributed by atoms with E-state index in [2.05, 4.69) is 5.32 Å². The summed E-state index contributed by atoms with van der Waals surface area (Å²) in [6.07, 6.45) is 0.937. The number of sulfone groups is 1. The molecule has 0 aliphatic rings. The van der Waals surface area contributed by atoms with Gasteiger partial charge in [-0.15, -0.1) is 0 Å². The summed E-state index contributed by atoms with van der Waals surface area (Å²) in [6.45, 7) is 4.58. The predicted molar refractivity (Wildman–Crippen MR) is 71.2 cm³/mol. The topological polar surface area (TPSA) is 46.2 Å². The van der Waals surface area contributed by atoms with Crippen LogP contribution in [0.25, 0.3) is 0 Å². The summed E-state index contributed by atoms with van der Waals surface area (Å²) in [6, 6.07) is 3.31. The zero-order valence-corrected chi connectivity index (χ0v) is 12.0. The van der Waals surface area contributed by atoms with Crippen LogP contribution in [-0.4, -0.2) is 26.8 Å². The molecule has 1 unspecified atom stereocenters. The Morgan fingerprint density at radius 1 is 1.44 bits per heavy atom. The van der Waals surface area contributed by atoms with E-state index in [1.54, 1.807) is 6.92 Å². The molecular weight excluding hydrogens is 277 g/mol.